The number of nitrogens with two attached hydrogens (primary N) is 1. The third-order valence-corrected chi connectivity index (χ3v) is 9.42. The molecule has 3 aliphatic rings. The van der Waals surface area contributed by atoms with E-state index < -0.39 is 29.9 Å². The lowest BCUT2D eigenvalue weighted by Crippen LogP contribution is -2.60. The Morgan fingerprint density at radius 1 is 1.02 bits per heavy atom. The second kappa shape index (κ2) is 12.7. The van der Waals surface area contributed by atoms with Crippen LogP contribution in [0.2, 0.25) is 0 Å². The number of nitrogens with one attached hydrogen (secondary N) is 1. The lowest BCUT2D eigenvalue weighted by atomic mass is 9.92. The molecule has 7 rings (SSSR count). The van der Waals surface area contributed by atoms with Crippen LogP contribution in [0.5, 0.6) is 0 Å². The van der Waals surface area contributed by atoms with E-state index in [4.69, 9.17) is 5.73 Å². The maximum atomic E-state index is 13.5. The van der Waals surface area contributed by atoms with Gasteiger partial charge in [0.05, 0.1) is 11.8 Å². The normalized spacial score (nSPS) is 19.5. The number of benzene rings is 2. The Hall–Kier alpha value is -5.30. The first-order valence-corrected chi connectivity index (χ1v) is 16.4. The molecular formula is C35H38N8O5. The summed E-state index contributed by atoms with van der Waals surface area (Å²) in [6, 6.07) is 17.2. The molecule has 248 valence electrons. The first kappa shape index (κ1) is 31.3. The number of hydrogen-bond donors (Lipinski definition) is 3. The van der Waals surface area contributed by atoms with Crippen molar-refractivity contribution in [3.8, 4) is 11.1 Å². The van der Waals surface area contributed by atoms with Gasteiger partial charge in [-0.25, -0.2) is 19.2 Å². The molecule has 2 aromatic carbocycles. The number of aliphatic hydroxyl groups is 1. The molecule has 13 heteroatoms. The van der Waals surface area contributed by atoms with Crippen molar-refractivity contribution in [2.24, 2.45) is 11.8 Å². The van der Waals surface area contributed by atoms with Crippen molar-refractivity contribution < 1.29 is 24.3 Å². The van der Waals surface area contributed by atoms with Crippen LogP contribution in [0.1, 0.15) is 44.2 Å². The molecule has 0 bridgehead atoms. The average molecular weight is 651 g/mol. The minimum absolute atomic E-state index is 0.0218. The molecule has 1 saturated carbocycles. The Morgan fingerprint density at radius 3 is 2.40 bits per heavy atom. The van der Waals surface area contributed by atoms with Crippen LogP contribution in [0.3, 0.4) is 0 Å². The third kappa shape index (κ3) is 5.97. The van der Waals surface area contributed by atoms with Gasteiger partial charge in [0.15, 0.2) is 5.82 Å². The highest BCUT2D eigenvalue weighted by Crippen LogP contribution is 2.38. The molecule has 2 unspecified atom stereocenters. The van der Waals surface area contributed by atoms with E-state index in [1.54, 1.807) is 49.4 Å². The molecule has 0 spiro atoms. The molecule has 4 N–H and O–H groups in total. The summed E-state index contributed by atoms with van der Waals surface area (Å²) < 4.78 is 1.85. The van der Waals surface area contributed by atoms with E-state index in [1.165, 1.54) is 11.2 Å². The van der Waals surface area contributed by atoms with Crippen molar-refractivity contribution in [2.45, 2.75) is 44.6 Å². The van der Waals surface area contributed by atoms with Gasteiger partial charge < -0.3 is 26.0 Å². The lowest BCUT2D eigenvalue weighted by molar-refractivity contribution is -0.134. The van der Waals surface area contributed by atoms with Crippen molar-refractivity contribution in [1.82, 2.24) is 24.4 Å². The Balaban J connectivity index is 1.10. The van der Waals surface area contributed by atoms with Crippen LogP contribution in [0.4, 0.5) is 22.0 Å². The molecule has 1 aliphatic carbocycles. The van der Waals surface area contributed by atoms with Gasteiger partial charge in [0, 0.05) is 55.0 Å². The van der Waals surface area contributed by atoms with Crippen molar-refractivity contribution in [2.75, 3.05) is 42.1 Å². The van der Waals surface area contributed by atoms with Crippen LogP contribution in [0.15, 0.2) is 67.0 Å². The van der Waals surface area contributed by atoms with Crippen molar-refractivity contribution in [1.29, 1.82) is 0 Å². The zero-order valence-corrected chi connectivity index (χ0v) is 26.7. The average Bonchev–Trinajstić information content (AvgIpc) is 3.86. The largest absolute Gasteiger partial charge is 0.392 e. The van der Waals surface area contributed by atoms with Crippen molar-refractivity contribution in [3.05, 3.63) is 72.7 Å². The van der Waals surface area contributed by atoms with E-state index in [9.17, 15) is 24.3 Å². The Morgan fingerprint density at radius 2 is 1.73 bits per heavy atom. The highest BCUT2D eigenvalue weighted by atomic mass is 16.3. The Bertz CT molecular complexity index is 1860. The number of aromatic nitrogens is 3. The number of piperidine rings is 1. The SMILES string of the molecule is CC(O)CN1CC(C(=O)Nc2ccc(-c3cc(C4CCN(C(=O)C5CC5)CC4)n4ncnc(N)c34)cc2)C(=O)N(c2ccccc2)C1=O. The number of amides is 5. The van der Waals surface area contributed by atoms with Crippen LogP contribution < -0.4 is 16.0 Å². The number of likely N-dealkylation sites (tertiary alicyclic amines) is 1. The Kier molecular flexibility index (Phi) is 8.29. The second-order valence-corrected chi connectivity index (χ2v) is 12.9. The van der Waals surface area contributed by atoms with E-state index in [-0.39, 0.29) is 30.8 Å². The summed E-state index contributed by atoms with van der Waals surface area (Å²) in [4.78, 5) is 61.4. The summed E-state index contributed by atoms with van der Waals surface area (Å²) in [6.45, 7) is 2.81. The molecule has 2 saturated heterocycles. The number of nitrogens with zero attached hydrogens (tertiary/aromatic N) is 6. The summed E-state index contributed by atoms with van der Waals surface area (Å²) in [7, 11) is 0. The smallest absolute Gasteiger partial charge is 0.331 e. The second-order valence-electron chi connectivity index (χ2n) is 12.9. The number of anilines is 3. The summed E-state index contributed by atoms with van der Waals surface area (Å²) in [5.41, 5.74) is 10.6. The van der Waals surface area contributed by atoms with E-state index in [0.717, 1.165) is 60.5 Å². The van der Waals surface area contributed by atoms with E-state index in [1.807, 2.05) is 21.5 Å². The van der Waals surface area contributed by atoms with Crippen LogP contribution in [-0.4, -0.2) is 85.5 Å². The summed E-state index contributed by atoms with van der Waals surface area (Å²) in [5, 5.41) is 17.4. The maximum absolute atomic E-state index is 13.5. The highest BCUT2D eigenvalue weighted by molar-refractivity contribution is 6.23. The van der Waals surface area contributed by atoms with E-state index in [2.05, 4.69) is 21.5 Å². The molecule has 13 nitrogen and oxygen atoms in total. The molecule has 48 heavy (non-hydrogen) atoms. The van der Waals surface area contributed by atoms with Crippen LogP contribution >= 0.6 is 0 Å². The minimum Gasteiger partial charge on any atom is -0.392 e. The first-order chi connectivity index (χ1) is 23.2. The van der Waals surface area contributed by atoms with Gasteiger partial charge in [-0.3, -0.25) is 14.4 Å². The fraction of sp³-hybridized carbons (Fsp3) is 0.371. The monoisotopic (exact) mass is 650 g/mol. The molecule has 0 radical (unpaired) electrons. The van der Waals surface area contributed by atoms with Gasteiger partial charge in [-0.05, 0) is 68.5 Å². The fourth-order valence-corrected chi connectivity index (χ4v) is 6.80. The predicted molar refractivity (Wildman–Crippen MR) is 179 cm³/mol. The number of nitrogen functional groups attached to an aromatic ring is 1. The quantitative estimate of drug-likeness (QED) is 0.244. The summed E-state index contributed by atoms with van der Waals surface area (Å²) >= 11 is 0. The topological polar surface area (TPSA) is 166 Å². The summed E-state index contributed by atoms with van der Waals surface area (Å²) in [5.74, 6) is -1.33. The number of para-hydroxylation sites is 1. The van der Waals surface area contributed by atoms with Crippen LogP contribution in [0, 0.1) is 11.8 Å². The molecule has 4 aromatic rings. The number of β-amino-alcohol motifs (C(OH)–C–C–N with tert-alkyl or cyclic N) is 1. The standard InChI is InChI=1S/C35H38N8O5/c1-21(44)18-41-19-28(34(47)42(35(41)48)26-5-3-2-4-6-26)32(45)39-25-11-9-22(10-12-25)27-17-29(43-30(27)31(36)37-20-38-43)23-13-15-40(16-14-23)33(46)24-7-8-24/h2-6,9-12,17,20-21,23-24,28,44H,7-8,13-16,18-19H2,1H3,(H,39,45)(H2,36,37,38). The lowest BCUT2D eigenvalue weighted by Gasteiger charge is -2.38. The minimum atomic E-state index is -1.18. The molecule has 4 heterocycles. The molecule has 2 aliphatic heterocycles. The molecule has 2 aromatic heterocycles. The van der Waals surface area contributed by atoms with Crippen LogP contribution in [-0.2, 0) is 14.4 Å². The van der Waals surface area contributed by atoms with Gasteiger partial charge in [-0.2, -0.15) is 5.10 Å². The molecule has 5 amide bonds. The molecule has 3 fully saturated rings. The third-order valence-electron chi connectivity index (χ3n) is 9.42. The van der Waals surface area contributed by atoms with E-state index in [0.29, 0.717) is 22.7 Å². The highest BCUT2D eigenvalue weighted by Gasteiger charge is 2.44. The van der Waals surface area contributed by atoms with Gasteiger partial charge in [-0.1, -0.05) is 30.3 Å². The number of imide groups is 1. The summed E-state index contributed by atoms with van der Waals surface area (Å²) in [6.07, 6.45) is 4.27. The predicted octanol–water partition coefficient (Wildman–Crippen LogP) is 3.50. The van der Waals surface area contributed by atoms with Gasteiger partial charge in [0.2, 0.25) is 17.7 Å². The van der Waals surface area contributed by atoms with Gasteiger partial charge in [0.1, 0.15) is 17.8 Å². The van der Waals surface area contributed by atoms with Gasteiger partial charge in [0.25, 0.3) is 0 Å². The zero-order valence-electron chi connectivity index (χ0n) is 26.7. The van der Waals surface area contributed by atoms with Crippen LogP contribution in [0.25, 0.3) is 16.6 Å². The van der Waals surface area contributed by atoms with Crippen molar-refractivity contribution >= 4 is 46.5 Å². The van der Waals surface area contributed by atoms with E-state index >= 15 is 0 Å². The van der Waals surface area contributed by atoms with Gasteiger partial charge in [-0.15, -0.1) is 0 Å². The number of hydrogen-bond acceptors (Lipinski definition) is 8. The number of carbonyl (C=O) groups excluding carboxylic acids is 4. The maximum Gasteiger partial charge on any atom is 0.331 e. The first-order valence-electron chi connectivity index (χ1n) is 16.4. The zero-order chi connectivity index (χ0) is 33.5. The molecule has 2 atom stereocenters. The van der Waals surface area contributed by atoms with Crippen molar-refractivity contribution in [3.63, 3.8) is 0 Å². The number of fused-ring (bicyclic) bond motifs is 1. The Labute approximate surface area is 277 Å². The number of rotatable bonds is 8. The molecular weight excluding hydrogens is 612 g/mol. The number of urea groups is 1. The van der Waals surface area contributed by atoms with Gasteiger partial charge >= 0.3 is 6.03 Å². The number of carbonyl (C=O) groups is 4. The fourth-order valence-electron chi connectivity index (χ4n) is 6.80. The number of aliphatic hydroxyl groups excluding tert-OH is 1.